The summed E-state index contributed by atoms with van der Waals surface area (Å²) in [4.78, 5) is 26.9. The summed E-state index contributed by atoms with van der Waals surface area (Å²) in [5, 5.41) is 0. The zero-order valence-corrected chi connectivity index (χ0v) is 15.1. The van der Waals surface area contributed by atoms with Crippen LogP contribution < -0.4 is 10.6 Å². The number of guanidine groups is 1. The summed E-state index contributed by atoms with van der Waals surface area (Å²) in [6.07, 6.45) is 3.60. The molecule has 0 spiro atoms. The highest BCUT2D eigenvalue weighted by molar-refractivity contribution is 5.79. The van der Waals surface area contributed by atoms with Crippen LogP contribution >= 0.6 is 0 Å². The molecule has 1 aliphatic rings. The topological polar surface area (TPSA) is 78.1 Å². The first kappa shape index (κ1) is 18.0. The van der Waals surface area contributed by atoms with E-state index in [1.165, 1.54) is 0 Å². The van der Waals surface area contributed by atoms with E-state index in [4.69, 9.17) is 10.7 Å². The van der Waals surface area contributed by atoms with Gasteiger partial charge in [-0.15, -0.1) is 0 Å². The number of rotatable bonds is 4. The van der Waals surface area contributed by atoms with Crippen molar-refractivity contribution >= 4 is 17.7 Å². The molecule has 0 aromatic carbocycles. The number of primary amides is 1. The first-order chi connectivity index (χ1) is 11.4. The van der Waals surface area contributed by atoms with Crippen LogP contribution in [0.2, 0.25) is 0 Å². The molecule has 1 aromatic rings. The van der Waals surface area contributed by atoms with E-state index in [1.54, 1.807) is 6.20 Å². The van der Waals surface area contributed by atoms with E-state index in [0.717, 1.165) is 36.7 Å². The van der Waals surface area contributed by atoms with Gasteiger partial charge >= 0.3 is 0 Å². The highest BCUT2D eigenvalue weighted by Gasteiger charge is 2.25. The maximum atomic E-state index is 11.5. The number of aromatic nitrogens is 1. The molecule has 2 N–H and O–H groups in total. The molecule has 1 atom stereocenters. The monoisotopic (exact) mass is 332 g/mol. The van der Waals surface area contributed by atoms with E-state index in [1.807, 2.05) is 50.1 Å². The molecule has 132 valence electrons. The Labute approximate surface area is 144 Å². The van der Waals surface area contributed by atoms with Gasteiger partial charge < -0.3 is 20.4 Å². The average Bonchev–Trinajstić information content (AvgIpc) is 2.55. The van der Waals surface area contributed by atoms with Crippen LogP contribution in [0.5, 0.6) is 0 Å². The second kappa shape index (κ2) is 7.99. The van der Waals surface area contributed by atoms with Crippen molar-refractivity contribution in [2.75, 3.05) is 46.2 Å². The lowest BCUT2D eigenvalue weighted by molar-refractivity contribution is -0.122. The van der Waals surface area contributed by atoms with Gasteiger partial charge in [-0.1, -0.05) is 6.07 Å². The smallest absolute Gasteiger partial charge is 0.222 e. The van der Waals surface area contributed by atoms with Gasteiger partial charge in [0, 0.05) is 53.0 Å². The van der Waals surface area contributed by atoms with Gasteiger partial charge in [0.2, 0.25) is 5.91 Å². The number of amides is 1. The van der Waals surface area contributed by atoms with E-state index < -0.39 is 0 Å². The highest BCUT2D eigenvalue weighted by atomic mass is 16.1. The molecule has 1 aromatic heterocycles. The van der Waals surface area contributed by atoms with E-state index in [0.29, 0.717) is 13.1 Å². The van der Waals surface area contributed by atoms with Gasteiger partial charge in [0.05, 0.1) is 12.5 Å². The summed E-state index contributed by atoms with van der Waals surface area (Å²) in [6.45, 7) is 2.08. The molecular formula is C17H28N6O. The normalized spacial score (nSPS) is 17.3. The molecule has 1 amide bonds. The zero-order valence-electron chi connectivity index (χ0n) is 15.1. The lowest BCUT2D eigenvalue weighted by Crippen LogP contribution is -2.42. The number of piperidine rings is 1. The molecule has 1 aliphatic heterocycles. The summed E-state index contributed by atoms with van der Waals surface area (Å²) in [6, 6.07) is 3.97. The minimum atomic E-state index is -0.224. The zero-order chi connectivity index (χ0) is 17.7. The Bertz CT molecular complexity index is 588. The molecule has 0 aliphatic carbocycles. The van der Waals surface area contributed by atoms with Gasteiger partial charge in [-0.3, -0.25) is 4.79 Å². The van der Waals surface area contributed by atoms with Gasteiger partial charge in [0.1, 0.15) is 5.82 Å². The van der Waals surface area contributed by atoms with Crippen LogP contribution in [-0.2, 0) is 11.3 Å². The van der Waals surface area contributed by atoms with Crippen molar-refractivity contribution in [2.24, 2.45) is 16.6 Å². The first-order valence-electron chi connectivity index (χ1n) is 8.27. The molecule has 0 radical (unpaired) electrons. The summed E-state index contributed by atoms with van der Waals surface area (Å²) >= 11 is 0. The van der Waals surface area contributed by atoms with E-state index in [-0.39, 0.29) is 11.8 Å². The minimum Gasteiger partial charge on any atom is -0.369 e. The van der Waals surface area contributed by atoms with Gasteiger partial charge in [-0.25, -0.2) is 9.98 Å². The molecule has 1 fully saturated rings. The number of aliphatic imine (C=N–C) groups is 1. The number of anilines is 1. The fourth-order valence-electron chi connectivity index (χ4n) is 3.08. The quantitative estimate of drug-likeness (QED) is 0.651. The number of hydrogen-bond donors (Lipinski definition) is 1. The fraction of sp³-hybridized carbons (Fsp3) is 0.588. The first-order valence-corrected chi connectivity index (χ1v) is 8.27. The molecule has 2 rings (SSSR count). The molecule has 1 saturated heterocycles. The summed E-state index contributed by atoms with van der Waals surface area (Å²) in [7, 11) is 7.91. The number of carbonyl (C=O) groups excluding carboxylic acids is 1. The average molecular weight is 332 g/mol. The molecule has 0 saturated carbocycles. The van der Waals surface area contributed by atoms with Crippen LogP contribution in [0.3, 0.4) is 0 Å². The fourth-order valence-corrected chi connectivity index (χ4v) is 3.08. The number of carbonyl (C=O) groups is 1. The molecule has 2 heterocycles. The van der Waals surface area contributed by atoms with E-state index >= 15 is 0 Å². The van der Waals surface area contributed by atoms with Crippen molar-refractivity contribution in [1.29, 1.82) is 0 Å². The van der Waals surface area contributed by atoms with Crippen molar-refractivity contribution in [3.63, 3.8) is 0 Å². The van der Waals surface area contributed by atoms with Crippen molar-refractivity contribution < 1.29 is 4.79 Å². The van der Waals surface area contributed by atoms with Crippen molar-refractivity contribution in [1.82, 2.24) is 14.8 Å². The number of pyridine rings is 1. The van der Waals surface area contributed by atoms with E-state index in [2.05, 4.69) is 9.88 Å². The van der Waals surface area contributed by atoms with Gasteiger partial charge in [-0.2, -0.15) is 0 Å². The predicted molar refractivity (Wildman–Crippen MR) is 96.9 cm³/mol. The molecule has 7 nitrogen and oxygen atoms in total. The van der Waals surface area contributed by atoms with Crippen LogP contribution in [-0.4, -0.2) is 67.9 Å². The maximum absolute atomic E-state index is 11.5. The Morgan fingerprint density at radius 3 is 2.71 bits per heavy atom. The highest BCUT2D eigenvalue weighted by Crippen LogP contribution is 2.25. The number of hydrogen-bond acceptors (Lipinski definition) is 4. The van der Waals surface area contributed by atoms with Crippen LogP contribution in [0.25, 0.3) is 0 Å². The third-order valence-corrected chi connectivity index (χ3v) is 4.18. The van der Waals surface area contributed by atoms with Crippen molar-refractivity contribution in [3.8, 4) is 0 Å². The minimum absolute atomic E-state index is 0.101. The Balaban J connectivity index is 2.21. The summed E-state index contributed by atoms with van der Waals surface area (Å²) < 4.78 is 0. The lowest BCUT2D eigenvalue weighted by Gasteiger charge is -2.33. The third kappa shape index (κ3) is 4.37. The summed E-state index contributed by atoms with van der Waals surface area (Å²) in [5.41, 5.74) is 6.55. The number of nitrogens with zero attached hydrogens (tertiary/aromatic N) is 5. The lowest BCUT2D eigenvalue weighted by atomic mass is 9.97. The SMILES string of the molecule is CN(C)C(=NCc1cccnc1N1CCC[C@@H](C(N)=O)C1)N(C)C. The third-order valence-electron chi connectivity index (χ3n) is 4.18. The van der Waals surface area contributed by atoms with E-state index in [9.17, 15) is 4.79 Å². The molecular weight excluding hydrogens is 304 g/mol. The van der Waals surface area contributed by atoms with Crippen LogP contribution in [0.4, 0.5) is 5.82 Å². The molecule has 0 unspecified atom stereocenters. The maximum Gasteiger partial charge on any atom is 0.222 e. The molecule has 24 heavy (non-hydrogen) atoms. The molecule has 0 bridgehead atoms. The Morgan fingerprint density at radius 1 is 1.38 bits per heavy atom. The van der Waals surface area contributed by atoms with Crippen molar-refractivity contribution in [3.05, 3.63) is 23.9 Å². The largest absolute Gasteiger partial charge is 0.369 e. The molecule has 7 heteroatoms. The Morgan fingerprint density at radius 2 is 2.08 bits per heavy atom. The Kier molecular flexibility index (Phi) is 6.00. The van der Waals surface area contributed by atoms with Gasteiger partial charge in [0.25, 0.3) is 0 Å². The predicted octanol–water partition coefficient (Wildman–Crippen LogP) is 0.763. The number of nitrogens with two attached hydrogens (primary N) is 1. The van der Waals surface area contributed by atoms with Gasteiger partial charge in [-0.05, 0) is 18.9 Å². The Hall–Kier alpha value is -2.31. The van der Waals surface area contributed by atoms with Gasteiger partial charge in [0.15, 0.2) is 5.96 Å². The van der Waals surface area contributed by atoms with Crippen LogP contribution in [0, 0.1) is 5.92 Å². The van der Waals surface area contributed by atoms with Crippen LogP contribution in [0.1, 0.15) is 18.4 Å². The standard InChI is InChI=1S/C17H28N6O/c1-21(2)17(22(3)4)20-11-13-7-5-9-19-16(13)23-10-6-8-14(12-23)15(18)24/h5,7,9,14H,6,8,10-12H2,1-4H3,(H2,18,24)/t14-/m1/s1. The second-order valence-electron chi connectivity index (χ2n) is 6.58. The second-order valence-corrected chi connectivity index (χ2v) is 6.58. The van der Waals surface area contributed by atoms with Crippen molar-refractivity contribution in [2.45, 2.75) is 19.4 Å². The summed E-state index contributed by atoms with van der Waals surface area (Å²) in [5.74, 6) is 1.48. The van der Waals surface area contributed by atoms with Crippen LogP contribution in [0.15, 0.2) is 23.3 Å².